The molecule has 9 nitrogen and oxygen atoms in total. The molecule has 40 heavy (non-hydrogen) atoms. The summed E-state index contributed by atoms with van der Waals surface area (Å²) in [5, 5.41) is 51.5. The number of aliphatic hydroxyl groups excluding tert-OH is 3. The van der Waals surface area contributed by atoms with Crippen LogP contribution in [0.25, 0.3) is 11.3 Å². The van der Waals surface area contributed by atoms with Crippen molar-refractivity contribution in [1.82, 2.24) is 20.0 Å². The van der Waals surface area contributed by atoms with Crippen molar-refractivity contribution in [2.45, 2.75) is 60.4 Å². The van der Waals surface area contributed by atoms with E-state index in [4.69, 9.17) is 4.74 Å². The molecule has 2 saturated heterocycles. The normalized spacial score (nSPS) is 27.4. The third-order valence-electron chi connectivity index (χ3n) is 7.36. The standard InChI is InChI=1S/C26H29F3N4O5S2/c1-13-3-2-6-30-20(13)24(26(37)4-7-39-8-5-26)40-25-23(36)21(22(35)18(12-34)38-25)33-11-17(31-32-33)14-9-15(27)19(29)16(28)10-14/h2-3,6,9-11,18,21-25,34-37H,4-5,7-8,12H2,1H3/t18-,21+,22+,23-,24?,25+/m1/s1. The van der Waals surface area contributed by atoms with Crippen LogP contribution in [-0.4, -0.2) is 87.9 Å². The molecule has 2 aliphatic heterocycles. The predicted octanol–water partition coefficient (Wildman–Crippen LogP) is 2.78. The molecule has 1 unspecified atom stereocenters. The zero-order valence-corrected chi connectivity index (χ0v) is 23.0. The number of hydrogen-bond acceptors (Lipinski definition) is 10. The Hall–Kier alpha value is -2.20. The van der Waals surface area contributed by atoms with Gasteiger partial charge in [-0.2, -0.15) is 11.8 Å². The van der Waals surface area contributed by atoms with E-state index in [0.29, 0.717) is 18.5 Å². The molecule has 3 aromatic rings. The highest BCUT2D eigenvalue weighted by Gasteiger charge is 2.50. The van der Waals surface area contributed by atoms with Crippen LogP contribution in [0.4, 0.5) is 13.2 Å². The van der Waals surface area contributed by atoms with Crippen molar-refractivity contribution in [2.75, 3.05) is 18.1 Å². The molecule has 5 rings (SSSR count). The molecule has 0 saturated carbocycles. The van der Waals surface area contributed by atoms with Gasteiger partial charge in [0.05, 0.1) is 29.3 Å². The van der Waals surface area contributed by atoms with E-state index in [-0.39, 0.29) is 11.3 Å². The number of halogens is 3. The first kappa shape index (κ1) is 29.3. The summed E-state index contributed by atoms with van der Waals surface area (Å²) in [6.45, 7) is 1.31. The van der Waals surface area contributed by atoms with Gasteiger partial charge >= 0.3 is 0 Å². The molecule has 6 atom stereocenters. The minimum absolute atomic E-state index is 0.0237. The molecule has 2 fully saturated rings. The highest BCUT2D eigenvalue weighted by molar-refractivity contribution is 8.00. The average Bonchev–Trinajstić information content (AvgIpc) is 3.42. The van der Waals surface area contributed by atoms with Gasteiger partial charge in [-0.25, -0.2) is 17.9 Å². The van der Waals surface area contributed by atoms with Crippen LogP contribution in [0.3, 0.4) is 0 Å². The second kappa shape index (κ2) is 12.0. The van der Waals surface area contributed by atoms with Crippen molar-refractivity contribution in [3.05, 3.63) is 65.4 Å². The van der Waals surface area contributed by atoms with Gasteiger partial charge in [0.15, 0.2) is 17.5 Å². The highest BCUT2D eigenvalue weighted by Crippen LogP contribution is 2.50. The smallest absolute Gasteiger partial charge is 0.194 e. The summed E-state index contributed by atoms with van der Waals surface area (Å²) in [5.41, 5.74) is -0.800. The van der Waals surface area contributed by atoms with E-state index in [1.807, 2.05) is 13.0 Å². The maximum atomic E-state index is 13.8. The second-order valence-corrected chi connectivity index (χ2v) is 12.4. The molecule has 0 amide bonds. The van der Waals surface area contributed by atoms with Gasteiger partial charge in [0, 0.05) is 11.8 Å². The van der Waals surface area contributed by atoms with E-state index in [2.05, 4.69) is 15.3 Å². The molecule has 0 bridgehead atoms. The molecule has 0 spiro atoms. The molecule has 14 heteroatoms. The molecule has 2 aromatic heterocycles. The average molecular weight is 599 g/mol. The number of ether oxygens (including phenoxy) is 1. The van der Waals surface area contributed by atoms with Crippen LogP contribution < -0.4 is 0 Å². The second-order valence-electron chi connectivity index (χ2n) is 9.97. The first-order valence-corrected chi connectivity index (χ1v) is 14.8. The van der Waals surface area contributed by atoms with Gasteiger partial charge in [0.1, 0.15) is 35.5 Å². The van der Waals surface area contributed by atoms with Crippen LogP contribution in [0.5, 0.6) is 0 Å². The summed E-state index contributed by atoms with van der Waals surface area (Å²) in [6.07, 6.45) is -0.0693. The van der Waals surface area contributed by atoms with Gasteiger partial charge < -0.3 is 25.2 Å². The zero-order valence-electron chi connectivity index (χ0n) is 21.4. The van der Waals surface area contributed by atoms with Crippen LogP contribution >= 0.6 is 23.5 Å². The summed E-state index contributed by atoms with van der Waals surface area (Å²) in [5.74, 6) is -2.92. The molecule has 1 aromatic carbocycles. The lowest BCUT2D eigenvalue weighted by molar-refractivity contribution is -0.179. The number of benzene rings is 1. The molecule has 0 aliphatic carbocycles. The molecule has 0 radical (unpaired) electrons. The van der Waals surface area contributed by atoms with E-state index < -0.39 is 64.7 Å². The van der Waals surface area contributed by atoms with Crippen LogP contribution in [0.2, 0.25) is 0 Å². The molecule has 4 N–H and O–H groups in total. The van der Waals surface area contributed by atoms with Crippen molar-refractivity contribution in [2.24, 2.45) is 0 Å². The fourth-order valence-electron chi connectivity index (χ4n) is 5.09. The lowest BCUT2D eigenvalue weighted by Gasteiger charge is -2.45. The van der Waals surface area contributed by atoms with Crippen molar-refractivity contribution >= 4 is 23.5 Å². The quantitative estimate of drug-likeness (QED) is 0.301. The van der Waals surface area contributed by atoms with Crippen molar-refractivity contribution in [3.63, 3.8) is 0 Å². The lowest BCUT2D eigenvalue weighted by Crippen LogP contribution is -2.55. The summed E-state index contributed by atoms with van der Waals surface area (Å²) in [6, 6.07) is 4.03. The number of aliphatic hydroxyl groups is 4. The minimum atomic E-state index is -1.62. The van der Waals surface area contributed by atoms with Crippen molar-refractivity contribution in [3.8, 4) is 11.3 Å². The Labute approximate surface area is 236 Å². The highest BCUT2D eigenvalue weighted by atomic mass is 32.2. The van der Waals surface area contributed by atoms with Crippen molar-refractivity contribution in [1.29, 1.82) is 0 Å². The van der Waals surface area contributed by atoms with Gasteiger partial charge in [-0.05, 0) is 55.0 Å². The number of pyridine rings is 1. The number of aryl methyl sites for hydroxylation is 1. The van der Waals surface area contributed by atoms with Crippen LogP contribution in [0, 0.1) is 24.4 Å². The molecule has 2 aliphatic rings. The third-order valence-corrected chi connectivity index (χ3v) is 9.94. The van der Waals surface area contributed by atoms with E-state index in [1.165, 1.54) is 6.20 Å². The van der Waals surface area contributed by atoms with Gasteiger partial charge in [0.25, 0.3) is 0 Å². The maximum Gasteiger partial charge on any atom is 0.194 e. The Morgan fingerprint density at radius 3 is 2.52 bits per heavy atom. The van der Waals surface area contributed by atoms with E-state index in [0.717, 1.165) is 45.6 Å². The fourth-order valence-corrected chi connectivity index (χ4v) is 7.95. The minimum Gasteiger partial charge on any atom is -0.394 e. The molecular formula is C26H29F3N4O5S2. The Bertz CT molecular complexity index is 1320. The molecular weight excluding hydrogens is 569 g/mol. The molecule has 216 valence electrons. The number of nitrogens with zero attached hydrogens (tertiary/aromatic N) is 4. The maximum absolute atomic E-state index is 13.8. The van der Waals surface area contributed by atoms with Crippen LogP contribution in [-0.2, 0) is 4.74 Å². The van der Waals surface area contributed by atoms with Gasteiger partial charge in [-0.1, -0.05) is 11.3 Å². The van der Waals surface area contributed by atoms with Crippen molar-refractivity contribution < 1.29 is 38.3 Å². The Kier molecular flexibility index (Phi) is 8.76. The SMILES string of the molecule is Cc1cccnc1C(S[C@@H]1O[C@H](CO)[C@H](O)[C@H](n2cc(-c3cc(F)c(F)c(F)c3)nn2)[C@H]1O)C1(O)CCSCC1. The third kappa shape index (κ3) is 5.62. The van der Waals surface area contributed by atoms with E-state index in [1.54, 1.807) is 24.0 Å². The van der Waals surface area contributed by atoms with E-state index >= 15 is 0 Å². The van der Waals surface area contributed by atoms with Gasteiger partial charge in [-0.15, -0.1) is 16.9 Å². The number of aromatic nitrogens is 4. The summed E-state index contributed by atoms with van der Waals surface area (Å²) in [4.78, 5) is 4.54. The summed E-state index contributed by atoms with van der Waals surface area (Å²) < 4.78 is 48.1. The van der Waals surface area contributed by atoms with Crippen LogP contribution in [0.15, 0.2) is 36.7 Å². The van der Waals surface area contributed by atoms with Gasteiger partial charge in [-0.3, -0.25) is 4.98 Å². The summed E-state index contributed by atoms with van der Waals surface area (Å²) in [7, 11) is 0. The predicted molar refractivity (Wildman–Crippen MR) is 143 cm³/mol. The Morgan fingerprint density at radius 2 is 1.88 bits per heavy atom. The molecule has 4 heterocycles. The van der Waals surface area contributed by atoms with E-state index in [9.17, 15) is 33.6 Å². The zero-order chi connectivity index (χ0) is 28.6. The fraction of sp³-hybridized carbons (Fsp3) is 0.500. The topological polar surface area (TPSA) is 134 Å². The van der Waals surface area contributed by atoms with Gasteiger partial charge in [0.2, 0.25) is 0 Å². The number of thioether (sulfide) groups is 2. The Morgan fingerprint density at radius 1 is 1.18 bits per heavy atom. The first-order chi connectivity index (χ1) is 19.1. The monoisotopic (exact) mass is 598 g/mol. The number of rotatable bonds is 7. The Balaban J connectivity index is 1.47. The lowest BCUT2D eigenvalue weighted by atomic mass is 9.89. The first-order valence-electron chi connectivity index (χ1n) is 12.7. The summed E-state index contributed by atoms with van der Waals surface area (Å²) >= 11 is 2.90. The van der Waals surface area contributed by atoms with Crippen LogP contribution in [0.1, 0.15) is 35.4 Å². The number of hydrogen-bond donors (Lipinski definition) is 4. The largest absolute Gasteiger partial charge is 0.394 e.